The Morgan fingerprint density at radius 2 is 1.93 bits per heavy atom. The van der Waals surface area contributed by atoms with Crippen LogP contribution in [0.2, 0.25) is 0 Å². The number of carbonyl (C=O) groups excluding carboxylic acids is 2. The zero-order valence-corrected chi connectivity index (χ0v) is 16.3. The summed E-state index contributed by atoms with van der Waals surface area (Å²) >= 11 is 1.07. The number of nitrogens with zero attached hydrogens (tertiary/aromatic N) is 2. The molecular weight excluding hydrogens is 403 g/mol. The van der Waals surface area contributed by atoms with Gasteiger partial charge in [0.25, 0.3) is 0 Å². The first-order chi connectivity index (χ1) is 13.8. The third-order valence-electron chi connectivity index (χ3n) is 4.26. The van der Waals surface area contributed by atoms with Crippen LogP contribution in [0, 0.1) is 0 Å². The molecule has 152 valence electrons. The fourth-order valence-electron chi connectivity index (χ4n) is 2.79. The van der Waals surface area contributed by atoms with E-state index in [-0.39, 0.29) is 35.6 Å². The second kappa shape index (κ2) is 8.69. The summed E-state index contributed by atoms with van der Waals surface area (Å²) in [7, 11) is 1.47. The number of hydrogen-bond acceptors (Lipinski definition) is 4. The van der Waals surface area contributed by atoms with Gasteiger partial charge in [-0.25, -0.2) is 4.99 Å². The normalized spacial score (nSPS) is 18.8. The predicted octanol–water partition coefficient (Wildman–Crippen LogP) is 3.97. The molecular formula is C20H18F3N3O2S. The maximum atomic E-state index is 13.0. The van der Waals surface area contributed by atoms with Crippen molar-refractivity contribution in [3.63, 3.8) is 0 Å². The summed E-state index contributed by atoms with van der Waals surface area (Å²) in [5.74, 6) is -0.647. The van der Waals surface area contributed by atoms with E-state index >= 15 is 0 Å². The summed E-state index contributed by atoms with van der Waals surface area (Å²) < 4.78 is 39.0. The molecule has 1 atom stereocenters. The first-order valence-electron chi connectivity index (χ1n) is 8.76. The molecule has 0 aromatic heterocycles. The molecule has 0 saturated carbocycles. The van der Waals surface area contributed by atoms with Crippen molar-refractivity contribution >= 4 is 34.4 Å². The molecule has 2 aromatic carbocycles. The molecule has 1 fully saturated rings. The fraction of sp³-hybridized carbons (Fsp3) is 0.250. The first kappa shape index (κ1) is 20.9. The van der Waals surface area contributed by atoms with E-state index in [0.717, 1.165) is 29.5 Å². The number of hydrogen-bond donors (Lipinski definition) is 1. The number of thioether (sulfide) groups is 1. The van der Waals surface area contributed by atoms with Gasteiger partial charge >= 0.3 is 6.18 Å². The minimum Gasteiger partial charge on any atom is -0.358 e. The van der Waals surface area contributed by atoms with Gasteiger partial charge in [0, 0.05) is 13.5 Å². The highest BCUT2D eigenvalue weighted by atomic mass is 32.2. The second-order valence-electron chi connectivity index (χ2n) is 6.33. The smallest absolute Gasteiger partial charge is 0.358 e. The van der Waals surface area contributed by atoms with Crippen LogP contribution in [0.5, 0.6) is 0 Å². The van der Waals surface area contributed by atoms with Crippen LogP contribution in [0.25, 0.3) is 0 Å². The number of rotatable bonds is 4. The fourth-order valence-corrected chi connectivity index (χ4v) is 3.94. The highest BCUT2D eigenvalue weighted by molar-refractivity contribution is 8.15. The van der Waals surface area contributed by atoms with Crippen LogP contribution in [0.15, 0.2) is 59.6 Å². The Labute approximate surface area is 170 Å². The van der Waals surface area contributed by atoms with E-state index in [9.17, 15) is 22.8 Å². The second-order valence-corrected chi connectivity index (χ2v) is 7.50. The molecule has 1 saturated heterocycles. The van der Waals surface area contributed by atoms with Crippen LogP contribution in [-0.4, -0.2) is 34.2 Å². The van der Waals surface area contributed by atoms with Gasteiger partial charge in [-0.15, -0.1) is 0 Å². The highest BCUT2D eigenvalue weighted by Crippen LogP contribution is 2.34. The summed E-state index contributed by atoms with van der Waals surface area (Å²) in [5.41, 5.74) is 0.0753. The number of amides is 2. The molecule has 1 N–H and O–H groups in total. The minimum absolute atomic E-state index is 0.0151. The van der Waals surface area contributed by atoms with Crippen molar-refractivity contribution in [2.24, 2.45) is 4.99 Å². The van der Waals surface area contributed by atoms with E-state index in [4.69, 9.17) is 0 Å². The number of benzene rings is 2. The largest absolute Gasteiger partial charge is 0.416 e. The number of aliphatic imine (C=N–C) groups is 1. The van der Waals surface area contributed by atoms with E-state index in [2.05, 4.69) is 10.3 Å². The molecule has 1 aliphatic rings. The van der Waals surface area contributed by atoms with Crippen LogP contribution in [-0.2, 0) is 22.3 Å². The number of alkyl halides is 3. The number of carbonyl (C=O) groups is 2. The predicted molar refractivity (Wildman–Crippen MR) is 106 cm³/mol. The summed E-state index contributed by atoms with van der Waals surface area (Å²) in [6, 6.07) is 13.7. The molecule has 0 radical (unpaired) electrons. The Balaban J connectivity index is 1.97. The lowest BCUT2D eigenvalue weighted by Crippen LogP contribution is -2.45. The quantitative estimate of drug-likeness (QED) is 0.813. The molecule has 2 amide bonds. The Hall–Kier alpha value is -2.81. The molecule has 1 unspecified atom stereocenters. The van der Waals surface area contributed by atoms with Crippen LogP contribution < -0.4 is 5.32 Å². The van der Waals surface area contributed by atoms with Crippen LogP contribution >= 0.6 is 11.8 Å². The number of nitrogens with one attached hydrogen (secondary N) is 1. The highest BCUT2D eigenvalue weighted by Gasteiger charge is 2.36. The van der Waals surface area contributed by atoms with Crippen molar-refractivity contribution in [2.75, 3.05) is 7.05 Å². The summed E-state index contributed by atoms with van der Waals surface area (Å²) in [6.07, 6.45) is -4.52. The lowest BCUT2D eigenvalue weighted by molar-refractivity contribution is -0.137. The molecule has 1 aliphatic heterocycles. The molecule has 1 heterocycles. The SMILES string of the molecule is CNC(=O)C1CC(=O)N(Cc2ccccc2)C(=Nc2cccc(C(F)(F)F)c2)S1. The average molecular weight is 421 g/mol. The molecule has 3 rings (SSSR count). The lowest BCUT2D eigenvalue weighted by Gasteiger charge is -2.31. The maximum absolute atomic E-state index is 13.0. The zero-order valence-electron chi connectivity index (χ0n) is 15.4. The van der Waals surface area contributed by atoms with Crippen molar-refractivity contribution in [3.05, 3.63) is 65.7 Å². The van der Waals surface area contributed by atoms with Gasteiger partial charge in [-0.1, -0.05) is 48.2 Å². The Morgan fingerprint density at radius 3 is 2.59 bits per heavy atom. The third-order valence-corrected chi connectivity index (χ3v) is 5.45. The summed E-state index contributed by atoms with van der Waals surface area (Å²) in [6.45, 7) is 0.213. The first-order valence-corrected chi connectivity index (χ1v) is 9.64. The van der Waals surface area contributed by atoms with E-state index in [1.165, 1.54) is 24.1 Å². The van der Waals surface area contributed by atoms with Crippen molar-refractivity contribution in [1.82, 2.24) is 10.2 Å². The maximum Gasteiger partial charge on any atom is 0.416 e. The van der Waals surface area contributed by atoms with Gasteiger partial charge in [-0.2, -0.15) is 13.2 Å². The summed E-state index contributed by atoms with van der Waals surface area (Å²) in [5, 5.41) is 2.00. The topological polar surface area (TPSA) is 61.8 Å². The molecule has 0 aliphatic carbocycles. The molecule has 2 aromatic rings. The van der Waals surface area contributed by atoms with Gasteiger partial charge < -0.3 is 5.32 Å². The van der Waals surface area contributed by atoms with Crippen LogP contribution in [0.4, 0.5) is 18.9 Å². The molecule has 5 nitrogen and oxygen atoms in total. The standard InChI is InChI=1S/C20H18F3N3O2S/c1-24-18(28)16-11-17(27)26(12-13-6-3-2-4-7-13)19(29-16)25-15-9-5-8-14(10-15)20(21,22)23/h2-10,16H,11-12H2,1H3,(H,24,28). The van der Waals surface area contributed by atoms with Crippen molar-refractivity contribution in [1.29, 1.82) is 0 Å². The monoisotopic (exact) mass is 421 g/mol. The van der Waals surface area contributed by atoms with E-state index < -0.39 is 17.0 Å². The van der Waals surface area contributed by atoms with E-state index in [0.29, 0.717) is 0 Å². The number of amidine groups is 1. The van der Waals surface area contributed by atoms with Gasteiger partial charge in [0.1, 0.15) is 0 Å². The van der Waals surface area contributed by atoms with Crippen LogP contribution in [0.3, 0.4) is 0 Å². The third kappa shape index (κ3) is 5.17. The molecule has 0 spiro atoms. The Bertz CT molecular complexity index is 932. The van der Waals surface area contributed by atoms with Crippen molar-refractivity contribution in [3.8, 4) is 0 Å². The van der Waals surface area contributed by atoms with Gasteiger partial charge in [0.2, 0.25) is 11.8 Å². The Kier molecular flexibility index (Phi) is 6.26. The van der Waals surface area contributed by atoms with Gasteiger partial charge in [-0.3, -0.25) is 14.5 Å². The van der Waals surface area contributed by atoms with E-state index in [1.54, 1.807) is 0 Å². The van der Waals surface area contributed by atoms with Gasteiger partial charge in [0.05, 0.1) is 23.0 Å². The van der Waals surface area contributed by atoms with E-state index in [1.807, 2.05) is 30.3 Å². The Morgan fingerprint density at radius 1 is 1.21 bits per heavy atom. The van der Waals surface area contributed by atoms with Crippen molar-refractivity contribution in [2.45, 2.75) is 24.4 Å². The van der Waals surface area contributed by atoms with Gasteiger partial charge in [0.15, 0.2) is 5.17 Å². The van der Waals surface area contributed by atoms with Crippen LogP contribution in [0.1, 0.15) is 17.5 Å². The zero-order chi connectivity index (χ0) is 21.0. The molecule has 29 heavy (non-hydrogen) atoms. The number of halogens is 3. The van der Waals surface area contributed by atoms with Crippen molar-refractivity contribution < 1.29 is 22.8 Å². The van der Waals surface area contributed by atoms with Gasteiger partial charge in [-0.05, 0) is 23.8 Å². The lowest BCUT2D eigenvalue weighted by atomic mass is 10.2. The molecule has 9 heteroatoms. The molecule has 0 bridgehead atoms. The summed E-state index contributed by atoms with van der Waals surface area (Å²) in [4.78, 5) is 30.5. The average Bonchev–Trinajstić information content (AvgIpc) is 2.70. The minimum atomic E-state index is -4.50.